The van der Waals surface area contributed by atoms with E-state index in [2.05, 4.69) is 22.0 Å². The molecule has 1 unspecified atom stereocenters. The van der Waals surface area contributed by atoms with Gasteiger partial charge in [0, 0.05) is 6.04 Å². The van der Waals surface area contributed by atoms with Gasteiger partial charge in [-0.05, 0) is 50.6 Å². The zero-order valence-electron chi connectivity index (χ0n) is 13.7. The molecular formula is C17H23N3O3. The van der Waals surface area contributed by atoms with Gasteiger partial charge in [-0.3, -0.25) is 4.90 Å². The second-order valence-electron chi connectivity index (χ2n) is 5.88. The zero-order chi connectivity index (χ0) is 16.1. The molecule has 1 aliphatic rings. The number of rotatable bonds is 6. The van der Waals surface area contributed by atoms with Crippen LogP contribution in [0.1, 0.15) is 37.9 Å². The first kappa shape index (κ1) is 15.8. The topological polar surface area (TPSA) is 60.6 Å². The van der Waals surface area contributed by atoms with Crippen molar-refractivity contribution in [3.8, 4) is 11.5 Å². The van der Waals surface area contributed by atoms with E-state index in [1.807, 2.05) is 24.3 Å². The van der Waals surface area contributed by atoms with Crippen molar-refractivity contribution in [2.75, 3.05) is 13.7 Å². The van der Waals surface area contributed by atoms with Crippen molar-refractivity contribution in [1.82, 2.24) is 15.0 Å². The maximum absolute atomic E-state index is 5.66. The van der Waals surface area contributed by atoms with Crippen molar-refractivity contribution >= 4 is 0 Å². The van der Waals surface area contributed by atoms with Crippen molar-refractivity contribution < 1.29 is 14.0 Å². The molecule has 1 aromatic heterocycles. The molecule has 2 aromatic rings. The number of methoxy groups -OCH3 is 1. The lowest BCUT2D eigenvalue weighted by Gasteiger charge is -2.31. The molecule has 1 fully saturated rings. The SMILES string of the molecule is COc1ccc(OCc2noc(CN3CCCCC3C)n2)cc1. The Morgan fingerprint density at radius 1 is 1.22 bits per heavy atom. The molecule has 0 aliphatic carbocycles. The molecule has 3 rings (SSSR count). The average molecular weight is 317 g/mol. The Kier molecular flexibility index (Phi) is 5.12. The summed E-state index contributed by atoms with van der Waals surface area (Å²) in [5.74, 6) is 2.78. The van der Waals surface area contributed by atoms with Crippen molar-refractivity contribution in [2.24, 2.45) is 0 Å². The minimum Gasteiger partial charge on any atom is -0.497 e. The number of hydrogen-bond acceptors (Lipinski definition) is 6. The number of hydrogen-bond donors (Lipinski definition) is 0. The van der Waals surface area contributed by atoms with Gasteiger partial charge in [0.1, 0.15) is 11.5 Å². The van der Waals surface area contributed by atoms with Crippen molar-refractivity contribution in [3.63, 3.8) is 0 Å². The van der Waals surface area contributed by atoms with Crippen LogP contribution in [0, 0.1) is 0 Å². The third-order valence-corrected chi connectivity index (χ3v) is 4.22. The largest absolute Gasteiger partial charge is 0.497 e. The van der Waals surface area contributed by atoms with Crippen LogP contribution in [-0.4, -0.2) is 34.7 Å². The monoisotopic (exact) mass is 317 g/mol. The van der Waals surface area contributed by atoms with Gasteiger partial charge in [-0.15, -0.1) is 0 Å². The first-order chi connectivity index (χ1) is 11.2. The van der Waals surface area contributed by atoms with Gasteiger partial charge in [0.15, 0.2) is 6.61 Å². The van der Waals surface area contributed by atoms with Gasteiger partial charge in [-0.2, -0.15) is 4.98 Å². The highest BCUT2D eigenvalue weighted by atomic mass is 16.5. The summed E-state index contributed by atoms with van der Waals surface area (Å²) in [5.41, 5.74) is 0. The van der Waals surface area contributed by atoms with Crippen molar-refractivity contribution in [3.05, 3.63) is 36.0 Å². The van der Waals surface area contributed by atoms with E-state index in [9.17, 15) is 0 Å². The van der Waals surface area contributed by atoms with Crippen LogP contribution in [0.15, 0.2) is 28.8 Å². The van der Waals surface area contributed by atoms with Gasteiger partial charge >= 0.3 is 0 Å². The van der Waals surface area contributed by atoms with Gasteiger partial charge < -0.3 is 14.0 Å². The normalized spacial score (nSPS) is 18.8. The molecule has 1 aliphatic heterocycles. The van der Waals surface area contributed by atoms with Crippen LogP contribution in [0.25, 0.3) is 0 Å². The van der Waals surface area contributed by atoms with E-state index in [-0.39, 0.29) is 0 Å². The lowest BCUT2D eigenvalue weighted by atomic mass is 10.0. The van der Waals surface area contributed by atoms with Gasteiger partial charge in [-0.1, -0.05) is 11.6 Å². The van der Waals surface area contributed by atoms with E-state index >= 15 is 0 Å². The Balaban J connectivity index is 1.52. The average Bonchev–Trinajstić information content (AvgIpc) is 3.03. The smallest absolute Gasteiger partial charge is 0.240 e. The van der Waals surface area contributed by atoms with Gasteiger partial charge in [-0.25, -0.2) is 0 Å². The molecular weight excluding hydrogens is 294 g/mol. The van der Waals surface area contributed by atoms with E-state index in [0.29, 0.717) is 24.4 Å². The summed E-state index contributed by atoms with van der Waals surface area (Å²) in [7, 11) is 1.64. The molecule has 0 amide bonds. The molecule has 1 saturated heterocycles. The second kappa shape index (κ2) is 7.46. The van der Waals surface area contributed by atoms with Crippen LogP contribution in [-0.2, 0) is 13.2 Å². The minimum atomic E-state index is 0.297. The van der Waals surface area contributed by atoms with E-state index < -0.39 is 0 Å². The maximum Gasteiger partial charge on any atom is 0.240 e. The first-order valence-corrected chi connectivity index (χ1v) is 8.07. The van der Waals surface area contributed by atoms with Crippen LogP contribution in [0.5, 0.6) is 11.5 Å². The molecule has 0 radical (unpaired) electrons. The molecule has 124 valence electrons. The fraction of sp³-hybridized carbons (Fsp3) is 0.529. The molecule has 6 nitrogen and oxygen atoms in total. The second-order valence-corrected chi connectivity index (χ2v) is 5.88. The summed E-state index contributed by atoms with van der Waals surface area (Å²) in [5, 5.41) is 3.99. The molecule has 1 aromatic carbocycles. The lowest BCUT2D eigenvalue weighted by Crippen LogP contribution is -2.36. The highest BCUT2D eigenvalue weighted by Gasteiger charge is 2.20. The van der Waals surface area contributed by atoms with Crippen LogP contribution in [0.4, 0.5) is 0 Å². The van der Waals surface area contributed by atoms with Crippen LogP contribution in [0.2, 0.25) is 0 Å². The summed E-state index contributed by atoms with van der Waals surface area (Å²) < 4.78 is 16.1. The third-order valence-electron chi connectivity index (χ3n) is 4.22. The number of aromatic nitrogens is 2. The Bertz CT molecular complexity index is 612. The Hall–Kier alpha value is -2.08. The molecule has 0 N–H and O–H groups in total. The third kappa shape index (κ3) is 4.22. The Labute approximate surface area is 136 Å². The molecule has 6 heteroatoms. The van der Waals surface area contributed by atoms with Gasteiger partial charge in [0.05, 0.1) is 13.7 Å². The predicted molar refractivity (Wildman–Crippen MR) is 85.3 cm³/mol. The lowest BCUT2D eigenvalue weighted by molar-refractivity contribution is 0.135. The standard InChI is InChI=1S/C17H23N3O3/c1-13-5-3-4-10-20(13)11-17-18-16(19-23-17)12-22-15-8-6-14(21-2)7-9-15/h6-9,13H,3-5,10-12H2,1-2H3. The molecule has 1 atom stereocenters. The van der Waals surface area contributed by atoms with Crippen molar-refractivity contribution in [2.45, 2.75) is 45.4 Å². The molecule has 0 bridgehead atoms. The molecule has 2 heterocycles. The fourth-order valence-electron chi connectivity index (χ4n) is 2.80. The molecule has 23 heavy (non-hydrogen) atoms. The molecule has 0 spiro atoms. The van der Waals surface area contributed by atoms with Crippen LogP contribution in [0.3, 0.4) is 0 Å². The Morgan fingerprint density at radius 3 is 2.74 bits per heavy atom. The zero-order valence-corrected chi connectivity index (χ0v) is 13.7. The maximum atomic E-state index is 5.66. The van der Waals surface area contributed by atoms with Crippen molar-refractivity contribution in [1.29, 1.82) is 0 Å². The Morgan fingerprint density at radius 2 is 2.00 bits per heavy atom. The fourth-order valence-corrected chi connectivity index (χ4v) is 2.80. The van der Waals surface area contributed by atoms with Crippen LogP contribution < -0.4 is 9.47 Å². The summed E-state index contributed by atoms with van der Waals surface area (Å²) in [4.78, 5) is 6.81. The highest BCUT2D eigenvalue weighted by Crippen LogP contribution is 2.19. The summed E-state index contributed by atoms with van der Waals surface area (Å²) in [6.45, 7) is 4.37. The van der Waals surface area contributed by atoms with E-state index in [0.717, 1.165) is 24.6 Å². The van der Waals surface area contributed by atoms with E-state index in [4.69, 9.17) is 14.0 Å². The number of nitrogens with zero attached hydrogens (tertiary/aromatic N) is 3. The summed E-state index contributed by atoms with van der Waals surface area (Å²) in [6, 6.07) is 8.00. The number of piperidine rings is 1. The number of benzene rings is 1. The first-order valence-electron chi connectivity index (χ1n) is 8.07. The number of likely N-dealkylation sites (tertiary alicyclic amines) is 1. The highest BCUT2D eigenvalue weighted by molar-refractivity contribution is 5.31. The molecule has 0 saturated carbocycles. The van der Waals surface area contributed by atoms with E-state index in [1.54, 1.807) is 7.11 Å². The van der Waals surface area contributed by atoms with E-state index in [1.165, 1.54) is 19.3 Å². The predicted octanol–water partition coefficient (Wildman–Crippen LogP) is 3.03. The van der Waals surface area contributed by atoms with Gasteiger partial charge in [0.2, 0.25) is 11.7 Å². The quantitative estimate of drug-likeness (QED) is 0.816. The summed E-state index contributed by atoms with van der Waals surface area (Å²) in [6.07, 6.45) is 3.79. The summed E-state index contributed by atoms with van der Waals surface area (Å²) >= 11 is 0. The van der Waals surface area contributed by atoms with Gasteiger partial charge in [0.25, 0.3) is 0 Å². The minimum absolute atomic E-state index is 0.297. The van der Waals surface area contributed by atoms with Crippen LogP contribution >= 0.6 is 0 Å². The number of ether oxygens (including phenoxy) is 2.